The summed E-state index contributed by atoms with van der Waals surface area (Å²) in [5, 5.41) is 3.07. The summed E-state index contributed by atoms with van der Waals surface area (Å²) in [6, 6.07) is 8.37. The zero-order valence-corrected chi connectivity index (χ0v) is 18.4. The number of ether oxygens (including phenoxy) is 2. The Balaban J connectivity index is 1.50. The maximum atomic E-state index is 13.0. The Hall–Kier alpha value is -1.59. The summed E-state index contributed by atoms with van der Waals surface area (Å²) in [7, 11) is 0. The van der Waals surface area contributed by atoms with Gasteiger partial charge in [-0.15, -0.1) is 0 Å². The van der Waals surface area contributed by atoms with Crippen LogP contribution < -0.4 is 10.1 Å². The van der Waals surface area contributed by atoms with Crippen LogP contribution in [0.2, 0.25) is 0 Å². The van der Waals surface area contributed by atoms with E-state index < -0.39 is 5.60 Å². The molecule has 3 rings (SSSR count). The lowest BCUT2D eigenvalue weighted by atomic mass is 9.78. The highest BCUT2D eigenvalue weighted by Crippen LogP contribution is 2.36. The molecule has 0 bridgehead atoms. The van der Waals surface area contributed by atoms with Crippen LogP contribution in [-0.4, -0.2) is 48.8 Å². The number of carbonyl (C=O) groups is 1. The Labute approximate surface area is 176 Å². The number of nitrogens with zero attached hydrogens (tertiary/aromatic N) is 1. The number of benzene rings is 1. The topological polar surface area (TPSA) is 50.8 Å². The molecule has 0 spiro atoms. The number of amides is 1. The molecule has 0 unspecified atom stereocenters. The predicted octanol–water partition coefficient (Wildman–Crippen LogP) is 4.86. The molecular formula is C24H38N2O3. The number of rotatable bonds is 8. The van der Waals surface area contributed by atoms with E-state index in [-0.39, 0.29) is 5.91 Å². The van der Waals surface area contributed by atoms with Gasteiger partial charge in [0.05, 0.1) is 0 Å². The maximum Gasteiger partial charge on any atom is 0.256 e. The minimum absolute atomic E-state index is 0.0151. The van der Waals surface area contributed by atoms with Crippen molar-refractivity contribution in [2.24, 2.45) is 5.92 Å². The molecule has 0 aromatic heterocycles. The Kier molecular flexibility index (Phi) is 7.96. The molecule has 1 saturated heterocycles. The predicted molar refractivity (Wildman–Crippen MR) is 117 cm³/mol. The highest BCUT2D eigenvalue weighted by atomic mass is 16.5. The van der Waals surface area contributed by atoms with Crippen LogP contribution in [0.15, 0.2) is 24.3 Å². The third kappa shape index (κ3) is 5.95. The smallest absolute Gasteiger partial charge is 0.256 e. The summed E-state index contributed by atoms with van der Waals surface area (Å²) in [5.74, 6) is 1.34. The van der Waals surface area contributed by atoms with Crippen LogP contribution in [0.5, 0.6) is 5.75 Å². The standard InChI is InChI=1S/C24H38N2O3/c1-4-29-24(14-7-8-19(2)18-24)23(27)25-21-10-12-22(13-11-21)28-17-16-26-15-6-5-9-20(26)3/h10-13,19-20H,4-9,14-18H2,1-3H3,(H,25,27)/t19-,20-,24-/m1/s1. The highest BCUT2D eigenvalue weighted by Gasteiger charge is 2.42. The zero-order chi connectivity index (χ0) is 20.7. The first-order chi connectivity index (χ1) is 14.0. The molecule has 3 atom stereocenters. The van der Waals surface area contributed by atoms with Gasteiger partial charge in [0.1, 0.15) is 18.0 Å². The third-order valence-corrected chi connectivity index (χ3v) is 6.49. The molecule has 1 aromatic rings. The molecule has 1 aliphatic carbocycles. The van der Waals surface area contributed by atoms with Gasteiger partial charge in [-0.05, 0) is 82.7 Å². The molecule has 2 aliphatic rings. The molecule has 162 valence electrons. The van der Waals surface area contributed by atoms with E-state index in [0.717, 1.165) is 37.2 Å². The number of carbonyl (C=O) groups excluding carboxylic acids is 1. The first-order valence-corrected chi connectivity index (χ1v) is 11.4. The van der Waals surface area contributed by atoms with Crippen LogP contribution in [-0.2, 0) is 9.53 Å². The fourth-order valence-corrected chi connectivity index (χ4v) is 4.83. The van der Waals surface area contributed by atoms with Crippen LogP contribution >= 0.6 is 0 Å². The zero-order valence-electron chi connectivity index (χ0n) is 18.4. The molecule has 1 N–H and O–H groups in total. The Morgan fingerprint density at radius 3 is 2.66 bits per heavy atom. The van der Waals surface area contributed by atoms with Crippen LogP contribution in [0.4, 0.5) is 5.69 Å². The molecule has 1 amide bonds. The lowest BCUT2D eigenvalue weighted by Gasteiger charge is -2.38. The quantitative estimate of drug-likeness (QED) is 0.674. The molecular weight excluding hydrogens is 364 g/mol. The van der Waals surface area contributed by atoms with Gasteiger partial charge in [-0.25, -0.2) is 0 Å². The van der Waals surface area contributed by atoms with Gasteiger partial charge in [-0.1, -0.05) is 19.8 Å². The Bertz CT molecular complexity index is 644. The van der Waals surface area contributed by atoms with E-state index in [4.69, 9.17) is 9.47 Å². The molecule has 29 heavy (non-hydrogen) atoms. The summed E-state index contributed by atoms with van der Waals surface area (Å²) >= 11 is 0. The molecule has 1 saturated carbocycles. The van der Waals surface area contributed by atoms with Crippen LogP contribution in [0.25, 0.3) is 0 Å². The van der Waals surface area contributed by atoms with Gasteiger partial charge < -0.3 is 14.8 Å². The fraction of sp³-hybridized carbons (Fsp3) is 0.708. The molecule has 5 nitrogen and oxygen atoms in total. The van der Waals surface area contributed by atoms with Gasteiger partial charge in [0.15, 0.2) is 0 Å². The number of piperidine rings is 1. The summed E-state index contributed by atoms with van der Waals surface area (Å²) in [5.41, 5.74) is 0.108. The molecule has 2 fully saturated rings. The molecule has 1 aromatic carbocycles. The van der Waals surface area contributed by atoms with E-state index >= 15 is 0 Å². The largest absolute Gasteiger partial charge is 0.492 e. The van der Waals surface area contributed by atoms with Crippen molar-refractivity contribution in [1.82, 2.24) is 4.90 Å². The fourth-order valence-electron chi connectivity index (χ4n) is 4.83. The number of likely N-dealkylation sites (tertiary alicyclic amines) is 1. The molecule has 1 aliphatic heterocycles. The number of hydrogen-bond donors (Lipinski definition) is 1. The van der Waals surface area contributed by atoms with Crippen molar-refractivity contribution >= 4 is 11.6 Å². The van der Waals surface area contributed by atoms with Gasteiger partial charge in [0, 0.05) is 24.9 Å². The Morgan fingerprint density at radius 2 is 1.97 bits per heavy atom. The van der Waals surface area contributed by atoms with E-state index in [1.54, 1.807) is 0 Å². The van der Waals surface area contributed by atoms with Gasteiger partial charge in [-0.2, -0.15) is 0 Å². The maximum absolute atomic E-state index is 13.0. The average molecular weight is 403 g/mol. The summed E-state index contributed by atoms with van der Waals surface area (Å²) in [6.07, 6.45) is 7.73. The van der Waals surface area contributed by atoms with Crippen molar-refractivity contribution in [3.05, 3.63) is 24.3 Å². The highest BCUT2D eigenvalue weighted by molar-refractivity contribution is 5.97. The van der Waals surface area contributed by atoms with Crippen molar-refractivity contribution in [2.75, 3.05) is 31.6 Å². The number of nitrogens with one attached hydrogen (secondary N) is 1. The van der Waals surface area contributed by atoms with Crippen molar-refractivity contribution < 1.29 is 14.3 Å². The van der Waals surface area contributed by atoms with Crippen LogP contribution in [0.1, 0.15) is 65.7 Å². The van der Waals surface area contributed by atoms with Gasteiger partial charge in [0.2, 0.25) is 0 Å². The van der Waals surface area contributed by atoms with Crippen molar-refractivity contribution in [1.29, 1.82) is 0 Å². The summed E-state index contributed by atoms with van der Waals surface area (Å²) in [4.78, 5) is 15.5. The van der Waals surface area contributed by atoms with Crippen LogP contribution in [0.3, 0.4) is 0 Å². The second-order valence-corrected chi connectivity index (χ2v) is 8.84. The average Bonchev–Trinajstić information content (AvgIpc) is 2.71. The summed E-state index contributed by atoms with van der Waals surface area (Å²) in [6.45, 7) is 9.87. The minimum Gasteiger partial charge on any atom is -0.492 e. The molecule has 0 radical (unpaired) electrons. The SMILES string of the molecule is CCO[C@]1(C(=O)Nc2ccc(OCCN3CCCC[C@H]3C)cc2)CCC[C@@H](C)C1. The number of hydrogen-bond acceptors (Lipinski definition) is 4. The Morgan fingerprint density at radius 1 is 1.17 bits per heavy atom. The van der Waals surface area contributed by atoms with Gasteiger partial charge >= 0.3 is 0 Å². The van der Waals surface area contributed by atoms with Gasteiger partial charge in [-0.3, -0.25) is 9.69 Å². The van der Waals surface area contributed by atoms with E-state index in [1.165, 1.54) is 32.2 Å². The summed E-state index contributed by atoms with van der Waals surface area (Å²) < 4.78 is 11.9. The number of anilines is 1. The molecule has 5 heteroatoms. The van der Waals surface area contributed by atoms with E-state index in [2.05, 4.69) is 24.1 Å². The van der Waals surface area contributed by atoms with E-state index in [0.29, 0.717) is 25.2 Å². The van der Waals surface area contributed by atoms with Gasteiger partial charge in [0.25, 0.3) is 5.91 Å². The normalized spacial score (nSPS) is 28.1. The third-order valence-electron chi connectivity index (χ3n) is 6.49. The van der Waals surface area contributed by atoms with Crippen molar-refractivity contribution in [3.8, 4) is 5.75 Å². The lowest BCUT2D eigenvalue weighted by molar-refractivity contribution is -0.147. The lowest BCUT2D eigenvalue weighted by Crippen LogP contribution is -2.48. The van der Waals surface area contributed by atoms with E-state index in [1.807, 2.05) is 31.2 Å². The second-order valence-electron chi connectivity index (χ2n) is 8.84. The molecule has 1 heterocycles. The first-order valence-electron chi connectivity index (χ1n) is 11.4. The monoisotopic (exact) mass is 402 g/mol. The van der Waals surface area contributed by atoms with Crippen molar-refractivity contribution in [2.45, 2.75) is 77.4 Å². The second kappa shape index (κ2) is 10.4. The minimum atomic E-state index is -0.688. The first kappa shape index (κ1) is 22.1. The van der Waals surface area contributed by atoms with E-state index in [9.17, 15) is 4.79 Å². The van der Waals surface area contributed by atoms with Crippen molar-refractivity contribution in [3.63, 3.8) is 0 Å². The van der Waals surface area contributed by atoms with Crippen LogP contribution in [0, 0.1) is 5.92 Å².